The van der Waals surface area contributed by atoms with Crippen LogP contribution in [0.4, 0.5) is 0 Å². The van der Waals surface area contributed by atoms with E-state index in [1.54, 1.807) is 0 Å². The van der Waals surface area contributed by atoms with Crippen LogP contribution in [0.15, 0.2) is 23.2 Å². The van der Waals surface area contributed by atoms with Crippen LogP contribution in [0.5, 0.6) is 0 Å². The maximum absolute atomic E-state index is 11.8. The van der Waals surface area contributed by atoms with E-state index in [9.17, 15) is 8.42 Å². The van der Waals surface area contributed by atoms with Crippen LogP contribution in [-0.4, -0.2) is 19.4 Å². The van der Waals surface area contributed by atoms with Gasteiger partial charge in [0.15, 0.2) is 0 Å². The molecule has 0 aliphatic heterocycles. The van der Waals surface area contributed by atoms with Gasteiger partial charge in [-0.15, -0.1) is 0 Å². The van der Waals surface area contributed by atoms with Crippen molar-refractivity contribution in [2.75, 3.05) is 0 Å². The summed E-state index contributed by atoms with van der Waals surface area (Å²) in [6.45, 7) is 3.85. The molecule has 0 radical (unpaired) electrons. The molecule has 1 heterocycles. The second-order valence-electron chi connectivity index (χ2n) is 3.63. The molecule has 1 aromatic heterocycles. The van der Waals surface area contributed by atoms with Crippen molar-refractivity contribution in [3.05, 3.63) is 23.5 Å². The second kappa shape index (κ2) is 5.61. The van der Waals surface area contributed by atoms with Gasteiger partial charge in [-0.25, -0.2) is 18.1 Å². The average Bonchev–Trinajstić information content (AvgIpc) is 2.17. The van der Waals surface area contributed by atoms with Crippen LogP contribution in [0, 0.1) is 0 Å². The van der Waals surface area contributed by atoms with Crippen molar-refractivity contribution in [1.29, 1.82) is 0 Å². The van der Waals surface area contributed by atoms with Crippen LogP contribution in [0.3, 0.4) is 0 Å². The Bertz CT molecular complexity index is 431. The smallest absolute Gasteiger partial charge is 0.242 e. The van der Waals surface area contributed by atoms with Gasteiger partial charge in [0.1, 0.15) is 10.0 Å². The number of halogens is 1. The maximum Gasteiger partial charge on any atom is 0.242 e. The molecule has 0 amide bonds. The minimum Gasteiger partial charge on any atom is -0.243 e. The lowest BCUT2D eigenvalue weighted by Crippen LogP contribution is -2.32. The summed E-state index contributed by atoms with van der Waals surface area (Å²) in [4.78, 5) is 3.88. The van der Waals surface area contributed by atoms with Crippen molar-refractivity contribution in [3.8, 4) is 0 Å². The van der Waals surface area contributed by atoms with E-state index in [0.29, 0.717) is 0 Å². The molecule has 0 unspecified atom stereocenters. The molecular weight excluding hydrogens is 248 g/mol. The lowest BCUT2D eigenvalue weighted by atomic mass is 10.2. The van der Waals surface area contributed by atoms with Gasteiger partial charge in [0.2, 0.25) is 10.0 Å². The summed E-state index contributed by atoms with van der Waals surface area (Å²) in [7, 11) is -3.47. The molecule has 16 heavy (non-hydrogen) atoms. The highest BCUT2D eigenvalue weighted by Gasteiger charge is 2.16. The quantitative estimate of drug-likeness (QED) is 0.828. The molecule has 1 aromatic rings. The molecule has 0 aliphatic carbocycles. The number of aromatic nitrogens is 1. The topological polar surface area (TPSA) is 59.1 Å². The van der Waals surface area contributed by atoms with Crippen LogP contribution in [0.2, 0.25) is 5.15 Å². The average molecular weight is 263 g/mol. The summed E-state index contributed by atoms with van der Waals surface area (Å²) >= 11 is 5.59. The van der Waals surface area contributed by atoms with Gasteiger partial charge in [-0.1, -0.05) is 24.9 Å². The predicted molar refractivity (Wildman–Crippen MR) is 63.9 cm³/mol. The first-order chi connectivity index (χ1) is 7.45. The Morgan fingerprint density at radius 2 is 2.19 bits per heavy atom. The summed E-state index contributed by atoms with van der Waals surface area (Å²) in [6, 6.07) is 2.82. The third-order valence-electron chi connectivity index (χ3n) is 2.09. The summed E-state index contributed by atoms with van der Waals surface area (Å²) in [5.41, 5.74) is 0. The molecule has 0 saturated heterocycles. The molecule has 1 atom stereocenters. The van der Waals surface area contributed by atoms with E-state index in [4.69, 9.17) is 11.6 Å². The highest BCUT2D eigenvalue weighted by Crippen LogP contribution is 2.11. The van der Waals surface area contributed by atoms with Gasteiger partial charge in [-0.2, -0.15) is 0 Å². The fourth-order valence-electron chi connectivity index (χ4n) is 1.35. The Kier molecular flexibility index (Phi) is 4.70. The van der Waals surface area contributed by atoms with E-state index < -0.39 is 10.0 Å². The molecule has 0 aromatic carbocycles. The van der Waals surface area contributed by atoms with Crippen molar-refractivity contribution in [2.24, 2.45) is 0 Å². The molecule has 0 saturated carbocycles. The van der Waals surface area contributed by atoms with E-state index in [1.165, 1.54) is 18.3 Å². The van der Waals surface area contributed by atoms with Gasteiger partial charge in [-0.3, -0.25) is 0 Å². The summed E-state index contributed by atoms with van der Waals surface area (Å²) < 4.78 is 26.3. The van der Waals surface area contributed by atoms with E-state index in [1.807, 2.05) is 13.8 Å². The summed E-state index contributed by atoms with van der Waals surface area (Å²) in [5, 5.41) is 0.278. The number of nitrogens with one attached hydrogen (secondary N) is 1. The monoisotopic (exact) mass is 262 g/mol. The van der Waals surface area contributed by atoms with Gasteiger partial charge in [0.05, 0.1) is 0 Å². The van der Waals surface area contributed by atoms with Gasteiger partial charge in [0.25, 0.3) is 0 Å². The zero-order valence-electron chi connectivity index (χ0n) is 9.27. The summed E-state index contributed by atoms with van der Waals surface area (Å²) in [5.74, 6) is 0. The van der Waals surface area contributed by atoms with Crippen LogP contribution in [0.25, 0.3) is 0 Å². The largest absolute Gasteiger partial charge is 0.243 e. The van der Waals surface area contributed by atoms with Gasteiger partial charge in [-0.05, 0) is 25.5 Å². The van der Waals surface area contributed by atoms with Crippen molar-refractivity contribution in [2.45, 2.75) is 37.6 Å². The van der Waals surface area contributed by atoms with Crippen molar-refractivity contribution in [3.63, 3.8) is 0 Å². The number of hydrogen-bond donors (Lipinski definition) is 1. The molecule has 6 heteroatoms. The normalized spacial score (nSPS) is 13.7. The lowest BCUT2D eigenvalue weighted by Gasteiger charge is -2.12. The third-order valence-corrected chi connectivity index (χ3v) is 3.89. The van der Waals surface area contributed by atoms with Gasteiger partial charge in [0, 0.05) is 12.2 Å². The maximum atomic E-state index is 11.8. The number of nitrogens with zero attached hydrogens (tertiary/aromatic N) is 1. The van der Waals surface area contributed by atoms with Crippen LogP contribution in [0.1, 0.15) is 26.7 Å². The first kappa shape index (κ1) is 13.4. The lowest BCUT2D eigenvalue weighted by molar-refractivity contribution is 0.543. The minimum atomic E-state index is -3.47. The fraction of sp³-hybridized carbons (Fsp3) is 0.500. The predicted octanol–water partition coefficient (Wildman–Crippen LogP) is 2.20. The molecular formula is C10H15ClN2O2S. The summed E-state index contributed by atoms with van der Waals surface area (Å²) in [6.07, 6.45) is 2.99. The number of rotatable bonds is 5. The van der Waals surface area contributed by atoms with E-state index in [2.05, 4.69) is 9.71 Å². The molecule has 0 fully saturated rings. The second-order valence-corrected chi connectivity index (χ2v) is 5.73. The van der Waals surface area contributed by atoms with Crippen LogP contribution < -0.4 is 4.72 Å². The number of hydrogen-bond acceptors (Lipinski definition) is 3. The van der Waals surface area contributed by atoms with E-state index >= 15 is 0 Å². The van der Waals surface area contributed by atoms with E-state index in [0.717, 1.165) is 12.8 Å². The SMILES string of the molecule is CCC[C@@H](C)NS(=O)(=O)c1ccc(Cl)nc1. The molecule has 0 aliphatic rings. The molecule has 0 spiro atoms. The zero-order valence-corrected chi connectivity index (χ0v) is 10.8. The molecule has 1 rings (SSSR count). The minimum absolute atomic E-state index is 0.0781. The number of sulfonamides is 1. The number of pyridine rings is 1. The van der Waals surface area contributed by atoms with Gasteiger partial charge < -0.3 is 0 Å². The highest BCUT2D eigenvalue weighted by molar-refractivity contribution is 7.89. The van der Waals surface area contributed by atoms with Crippen LogP contribution >= 0.6 is 11.6 Å². The molecule has 90 valence electrons. The Morgan fingerprint density at radius 1 is 1.50 bits per heavy atom. The molecule has 4 nitrogen and oxygen atoms in total. The Morgan fingerprint density at radius 3 is 2.69 bits per heavy atom. The Balaban J connectivity index is 2.82. The first-order valence-electron chi connectivity index (χ1n) is 5.09. The van der Waals surface area contributed by atoms with Crippen molar-refractivity contribution < 1.29 is 8.42 Å². The van der Waals surface area contributed by atoms with E-state index in [-0.39, 0.29) is 16.1 Å². The standard InChI is InChI=1S/C10H15ClN2O2S/c1-3-4-8(2)13-16(14,15)9-5-6-10(11)12-7-9/h5-8,13H,3-4H2,1-2H3/t8-/m1/s1. The van der Waals surface area contributed by atoms with Crippen molar-refractivity contribution in [1.82, 2.24) is 9.71 Å². The van der Waals surface area contributed by atoms with Crippen molar-refractivity contribution >= 4 is 21.6 Å². The molecule has 0 bridgehead atoms. The van der Waals surface area contributed by atoms with Crippen LogP contribution in [-0.2, 0) is 10.0 Å². The zero-order chi connectivity index (χ0) is 12.2. The molecule has 1 N–H and O–H groups in total. The first-order valence-corrected chi connectivity index (χ1v) is 6.95. The Hall–Kier alpha value is -0.650. The fourth-order valence-corrected chi connectivity index (χ4v) is 2.68. The highest BCUT2D eigenvalue weighted by atomic mass is 35.5. The third kappa shape index (κ3) is 3.73. The Labute approximate surface area is 101 Å². The van der Waals surface area contributed by atoms with Gasteiger partial charge >= 0.3 is 0 Å².